The molecule has 1 heterocycles. The van der Waals surface area contributed by atoms with Crippen LogP contribution in [0.3, 0.4) is 0 Å². The highest BCUT2D eigenvalue weighted by Crippen LogP contribution is 2.33. The van der Waals surface area contributed by atoms with Gasteiger partial charge in [-0.05, 0) is 50.3 Å². The van der Waals surface area contributed by atoms with Gasteiger partial charge < -0.3 is 15.3 Å². The van der Waals surface area contributed by atoms with Crippen LogP contribution in [0.15, 0.2) is 24.3 Å². The number of piperidine rings is 1. The Balaban J connectivity index is 1.72. The van der Waals surface area contributed by atoms with Crippen LogP contribution in [-0.2, 0) is 19.9 Å². The van der Waals surface area contributed by atoms with E-state index in [1.54, 1.807) is 4.90 Å². The molecule has 2 aliphatic rings. The number of carboxylic acids is 1. The summed E-state index contributed by atoms with van der Waals surface area (Å²) in [5, 5.41) is 12.3. The molecule has 2 fully saturated rings. The maximum Gasteiger partial charge on any atom is 0.333 e. The fraction of sp³-hybridized carbons (Fsp3) is 0.526. The lowest BCUT2D eigenvalue weighted by atomic mass is 9.89. The number of likely N-dealkylation sites (tertiary alicyclic amines) is 1. The quantitative estimate of drug-likeness (QED) is 0.837. The van der Waals surface area contributed by atoms with Gasteiger partial charge in [0.2, 0.25) is 11.8 Å². The molecule has 1 aromatic rings. The molecule has 3 rings (SSSR count). The first-order valence-electron chi connectivity index (χ1n) is 8.91. The first-order valence-corrected chi connectivity index (χ1v) is 8.91. The summed E-state index contributed by atoms with van der Waals surface area (Å²) in [7, 11) is 0. The molecule has 0 bridgehead atoms. The van der Waals surface area contributed by atoms with Crippen molar-refractivity contribution < 1.29 is 23.9 Å². The zero-order valence-electron chi connectivity index (χ0n) is 14.7. The van der Waals surface area contributed by atoms with Gasteiger partial charge in [0.15, 0.2) is 5.54 Å². The fourth-order valence-corrected chi connectivity index (χ4v) is 3.36. The number of aliphatic carboxylic acids is 1. The fourth-order valence-electron chi connectivity index (χ4n) is 3.36. The summed E-state index contributed by atoms with van der Waals surface area (Å²) in [6, 6.07) is 5.04. The van der Waals surface area contributed by atoms with Crippen LogP contribution in [0, 0.1) is 17.7 Å². The molecule has 140 valence electrons. The van der Waals surface area contributed by atoms with Gasteiger partial charge in [0.05, 0.1) is 5.92 Å². The number of carbonyl (C=O) groups is 3. The summed E-state index contributed by atoms with van der Waals surface area (Å²) in [5.74, 6) is -2.34. The second kappa shape index (κ2) is 7.05. The summed E-state index contributed by atoms with van der Waals surface area (Å²) in [4.78, 5) is 38.5. The lowest BCUT2D eigenvalue weighted by Gasteiger charge is -2.34. The van der Waals surface area contributed by atoms with Crippen LogP contribution in [0.1, 0.15) is 38.2 Å². The Morgan fingerprint density at radius 2 is 1.81 bits per heavy atom. The number of nitrogens with zero attached hydrogens (tertiary/aromatic N) is 1. The topological polar surface area (TPSA) is 86.7 Å². The largest absolute Gasteiger partial charge is 0.479 e. The molecule has 26 heavy (non-hydrogen) atoms. The molecule has 1 saturated carbocycles. The normalized spacial score (nSPS) is 22.4. The minimum Gasteiger partial charge on any atom is -0.479 e. The van der Waals surface area contributed by atoms with Gasteiger partial charge in [-0.1, -0.05) is 12.1 Å². The van der Waals surface area contributed by atoms with Crippen molar-refractivity contribution in [3.05, 3.63) is 35.6 Å². The predicted octanol–water partition coefficient (Wildman–Crippen LogP) is 1.89. The van der Waals surface area contributed by atoms with Gasteiger partial charge >= 0.3 is 5.97 Å². The first kappa shape index (κ1) is 18.4. The van der Waals surface area contributed by atoms with Gasteiger partial charge in [-0.2, -0.15) is 0 Å². The molecule has 0 spiro atoms. The molecule has 1 saturated heterocycles. The van der Waals surface area contributed by atoms with Gasteiger partial charge in [-0.25, -0.2) is 9.18 Å². The third-order valence-corrected chi connectivity index (χ3v) is 5.25. The van der Waals surface area contributed by atoms with Gasteiger partial charge in [-0.15, -0.1) is 0 Å². The predicted molar refractivity (Wildman–Crippen MR) is 91.6 cm³/mol. The van der Waals surface area contributed by atoms with Gasteiger partial charge in [0, 0.05) is 19.0 Å². The molecule has 7 heteroatoms. The molecule has 0 radical (unpaired) electrons. The highest BCUT2D eigenvalue weighted by molar-refractivity contribution is 5.89. The monoisotopic (exact) mass is 362 g/mol. The SMILES string of the molecule is CC(NC(=O)C1CCCN(C(=O)C2CC2)C1)(C(=O)O)c1ccc(F)cc1. The van der Waals surface area contributed by atoms with E-state index in [2.05, 4.69) is 5.32 Å². The summed E-state index contributed by atoms with van der Waals surface area (Å²) in [6.45, 7) is 2.35. The van der Waals surface area contributed by atoms with E-state index in [-0.39, 0.29) is 11.8 Å². The van der Waals surface area contributed by atoms with Crippen molar-refractivity contribution in [3.63, 3.8) is 0 Å². The number of nitrogens with one attached hydrogen (secondary N) is 1. The Morgan fingerprint density at radius 1 is 1.15 bits per heavy atom. The van der Waals surface area contributed by atoms with Crippen molar-refractivity contribution in [1.29, 1.82) is 0 Å². The zero-order chi connectivity index (χ0) is 18.9. The van der Waals surface area contributed by atoms with Crippen molar-refractivity contribution >= 4 is 17.8 Å². The molecule has 2 N–H and O–H groups in total. The maximum absolute atomic E-state index is 13.1. The minimum absolute atomic E-state index is 0.0975. The van der Waals surface area contributed by atoms with Crippen LogP contribution in [0.2, 0.25) is 0 Å². The molecule has 2 atom stereocenters. The third-order valence-electron chi connectivity index (χ3n) is 5.25. The number of hydrogen-bond acceptors (Lipinski definition) is 3. The minimum atomic E-state index is -1.66. The Labute approximate surface area is 151 Å². The van der Waals surface area contributed by atoms with Crippen molar-refractivity contribution in [3.8, 4) is 0 Å². The average Bonchev–Trinajstić information content (AvgIpc) is 3.46. The van der Waals surface area contributed by atoms with E-state index in [0.29, 0.717) is 25.1 Å². The van der Waals surface area contributed by atoms with Gasteiger partial charge in [0.1, 0.15) is 5.82 Å². The maximum atomic E-state index is 13.1. The Hall–Kier alpha value is -2.44. The first-order chi connectivity index (χ1) is 12.3. The highest BCUT2D eigenvalue weighted by atomic mass is 19.1. The number of carbonyl (C=O) groups excluding carboxylic acids is 2. The van der Waals surface area contributed by atoms with Crippen LogP contribution in [-0.4, -0.2) is 40.9 Å². The molecular formula is C19H23FN2O4. The van der Waals surface area contributed by atoms with Crippen LogP contribution >= 0.6 is 0 Å². The lowest BCUT2D eigenvalue weighted by Crippen LogP contribution is -2.54. The van der Waals surface area contributed by atoms with Crippen LogP contribution < -0.4 is 5.32 Å². The number of rotatable bonds is 5. The van der Waals surface area contributed by atoms with E-state index in [1.165, 1.54) is 31.2 Å². The van der Waals surface area contributed by atoms with Crippen molar-refractivity contribution in [2.24, 2.45) is 11.8 Å². The van der Waals surface area contributed by atoms with E-state index < -0.39 is 29.2 Å². The number of carboxylic acid groups (broad SMARTS) is 1. The summed E-state index contributed by atoms with van der Waals surface area (Å²) < 4.78 is 13.1. The molecular weight excluding hydrogens is 339 g/mol. The van der Waals surface area contributed by atoms with E-state index in [4.69, 9.17) is 0 Å². The molecule has 2 amide bonds. The summed E-state index contributed by atoms with van der Waals surface area (Å²) in [6.07, 6.45) is 3.15. The van der Waals surface area contributed by atoms with Crippen molar-refractivity contribution in [1.82, 2.24) is 10.2 Å². The Bertz CT molecular complexity index is 717. The van der Waals surface area contributed by atoms with Gasteiger partial charge in [-0.3, -0.25) is 9.59 Å². The molecule has 1 aliphatic heterocycles. The van der Waals surface area contributed by atoms with Crippen molar-refractivity contribution in [2.75, 3.05) is 13.1 Å². The van der Waals surface area contributed by atoms with Crippen molar-refractivity contribution in [2.45, 2.75) is 38.1 Å². The van der Waals surface area contributed by atoms with Crippen LogP contribution in [0.4, 0.5) is 4.39 Å². The standard InChI is InChI=1S/C19H23FN2O4/c1-19(18(25)26,14-6-8-15(20)9-7-14)21-16(23)13-3-2-10-22(11-13)17(24)12-4-5-12/h6-9,12-13H,2-5,10-11H2,1H3,(H,21,23)(H,25,26). The molecule has 1 aliphatic carbocycles. The van der Waals surface area contributed by atoms with Gasteiger partial charge in [0.25, 0.3) is 0 Å². The lowest BCUT2D eigenvalue weighted by molar-refractivity contribution is -0.149. The molecule has 1 aromatic carbocycles. The second-order valence-electron chi connectivity index (χ2n) is 7.32. The Morgan fingerprint density at radius 3 is 2.38 bits per heavy atom. The number of hydrogen-bond donors (Lipinski definition) is 2. The van der Waals surface area contributed by atoms with E-state index in [9.17, 15) is 23.9 Å². The van der Waals surface area contributed by atoms with E-state index in [0.717, 1.165) is 19.3 Å². The second-order valence-corrected chi connectivity index (χ2v) is 7.32. The summed E-state index contributed by atoms with van der Waals surface area (Å²) >= 11 is 0. The number of benzene rings is 1. The van der Waals surface area contributed by atoms with E-state index >= 15 is 0 Å². The smallest absolute Gasteiger partial charge is 0.333 e. The average molecular weight is 362 g/mol. The molecule has 6 nitrogen and oxygen atoms in total. The molecule has 2 unspecified atom stereocenters. The number of amides is 2. The highest BCUT2D eigenvalue weighted by Gasteiger charge is 2.41. The molecule has 0 aromatic heterocycles. The van der Waals surface area contributed by atoms with Crippen LogP contribution in [0.5, 0.6) is 0 Å². The third kappa shape index (κ3) is 3.71. The Kier molecular flexibility index (Phi) is 4.98. The van der Waals surface area contributed by atoms with Crippen LogP contribution in [0.25, 0.3) is 0 Å². The number of halogens is 1. The zero-order valence-corrected chi connectivity index (χ0v) is 14.7. The summed E-state index contributed by atoms with van der Waals surface area (Å²) in [5.41, 5.74) is -1.37. The van der Waals surface area contributed by atoms with E-state index in [1.807, 2.05) is 0 Å².